The summed E-state index contributed by atoms with van der Waals surface area (Å²) in [7, 11) is 0. The van der Waals surface area contributed by atoms with E-state index >= 15 is 0 Å². The SMILES string of the molecule is CCCCCC=C(C)C(=S)S. The first-order chi connectivity index (χ1) is 5.18. The second-order valence-corrected chi connectivity index (χ2v) is 3.85. The first kappa shape index (κ1) is 11.2. The molecule has 0 atom stereocenters. The predicted octanol–water partition coefficient (Wildman–Crippen LogP) is 3.77. The number of hydrogen-bond acceptors (Lipinski definition) is 1. The van der Waals surface area contributed by atoms with Crippen LogP contribution in [0.25, 0.3) is 0 Å². The van der Waals surface area contributed by atoms with Gasteiger partial charge < -0.3 is 0 Å². The highest BCUT2D eigenvalue weighted by atomic mass is 32.1. The van der Waals surface area contributed by atoms with Crippen molar-refractivity contribution in [3.8, 4) is 0 Å². The van der Waals surface area contributed by atoms with Crippen LogP contribution in [0, 0.1) is 0 Å². The minimum Gasteiger partial charge on any atom is -0.132 e. The predicted molar refractivity (Wildman–Crippen MR) is 59.5 cm³/mol. The fourth-order valence-electron chi connectivity index (χ4n) is 0.800. The molecule has 0 bridgehead atoms. The van der Waals surface area contributed by atoms with Crippen LogP contribution in [0.5, 0.6) is 0 Å². The van der Waals surface area contributed by atoms with Crippen molar-refractivity contribution in [2.24, 2.45) is 0 Å². The normalized spacial score (nSPS) is 11.7. The van der Waals surface area contributed by atoms with Gasteiger partial charge in [0.1, 0.15) is 0 Å². The smallest absolute Gasteiger partial charge is 0.0701 e. The van der Waals surface area contributed by atoms with Crippen molar-refractivity contribution in [3.63, 3.8) is 0 Å². The number of unbranched alkanes of at least 4 members (excludes halogenated alkanes) is 3. The van der Waals surface area contributed by atoms with Crippen LogP contribution in [0.15, 0.2) is 11.6 Å². The Morgan fingerprint density at radius 2 is 2.09 bits per heavy atom. The van der Waals surface area contributed by atoms with Crippen molar-refractivity contribution in [3.05, 3.63) is 11.6 Å². The summed E-state index contributed by atoms with van der Waals surface area (Å²) in [6.45, 7) is 4.22. The van der Waals surface area contributed by atoms with Gasteiger partial charge in [0.2, 0.25) is 0 Å². The van der Waals surface area contributed by atoms with Crippen molar-refractivity contribution < 1.29 is 0 Å². The molecular formula is C9H16S2. The van der Waals surface area contributed by atoms with Gasteiger partial charge in [0.15, 0.2) is 0 Å². The Kier molecular flexibility index (Phi) is 6.98. The fourth-order valence-corrected chi connectivity index (χ4v) is 0.975. The van der Waals surface area contributed by atoms with Crippen LogP contribution in [0.4, 0.5) is 0 Å². The summed E-state index contributed by atoms with van der Waals surface area (Å²) >= 11 is 8.97. The second-order valence-electron chi connectivity index (χ2n) is 2.69. The lowest BCUT2D eigenvalue weighted by molar-refractivity contribution is 0.728. The van der Waals surface area contributed by atoms with E-state index in [-0.39, 0.29) is 0 Å². The quantitative estimate of drug-likeness (QED) is 0.296. The molecule has 2 heteroatoms. The number of allylic oxidation sites excluding steroid dienone is 1. The van der Waals surface area contributed by atoms with Crippen LogP contribution in [-0.4, -0.2) is 4.20 Å². The van der Waals surface area contributed by atoms with E-state index in [4.69, 9.17) is 12.2 Å². The molecule has 0 aromatic heterocycles. The standard InChI is InChI=1S/C9H16S2/c1-3-4-5-6-7-8(2)9(10)11/h7H,3-6H2,1-2H3,(H,10,11). The van der Waals surface area contributed by atoms with Crippen LogP contribution in [0.2, 0.25) is 0 Å². The highest BCUT2D eigenvalue weighted by molar-refractivity contribution is 8.11. The molecular weight excluding hydrogens is 172 g/mol. The number of rotatable bonds is 5. The molecule has 0 N–H and O–H groups in total. The molecule has 0 aromatic rings. The molecule has 0 nitrogen and oxygen atoms in total. The van der Waals surface area contributed by atoms with Gasteiger partial charge in [-0.1, -0.05) is 38.1 Å². The van der Waals surface area contributed by atoms with Gasteiger partial charge >= 0.3 is 0 Å². The summed E-state index contributed by atoms with van der Waals surface area (Å²) in [5.41, 5.74) is 1.14. The van der Waals surface area contributed by atoms with Gasteiger partial charge in [0.25, 0.3) is 0 Å². The average Bonchev–Trinajstić information content (AvgIpc) is 1.97. The van der Waals surface area contributed by atoms with Gasteiger partial charge in [-0.25, -0.2) is 0 Å². The largest absolute Gasteiger partial charge is 0.132 e. The maximum absolute atomic E-state index is 4.89. The minimum atomic E-state index is 0.724. The molecule has 0 spiro atoms. The lowest BCUT2D eigenvalue weighted by atomic mass is 10.1. The third kappa shape index (κ3) is 6.57. The van der Waals surface area contributed by atoms with Crippen LogP contribution >= 0.6 is 24.8 Å². The van der Waals surface area contributed by atoms with Gasteiger partial charge in [0, 0.05) is 0 Å². The van der Waals surface area contributed by atoms with Crippen LogP contribution in [0.1, 0.15) is 39.5 Å². The molecule has 0 amide bonds. The molecule has 0 aliphatic carbocycles. The summed E-state index contributed by atoms with van der Waals surface area (Å²) in [6.07, 6.45) is 7.16. The molecule has 0 aromatic carbocycles. The van der Waals surface area contributed by atoms with E-state index in [1.54, 1.807) is 0 Å². The van der Waals surface area contributed by atoms with E-state index in [1.165, 1.54) is 19.3 Å². The van der Waals surface area contributed by atoms with Gasteiger partial charge in [-0.15, -0.1) is 12.6 Å². The average molecular weight is 188 g/mol. The molecule has 0 unspecified atom stereocenters. The third-order valence-electron chi connectivity index (χ3n) is 1.60. The molecule has 0 rings (SSSR count). The molecule has 0 fully saturated rings. The Hall–Kier alpha value is 0.180. The monoisotopic (exact) mass is 188 g/mol. The lowest BCUT2D eigenvalue weighted by Gasteiger charge is -1.96. The zero-order valence-corrected chi connectivity index (χ0v) is 8.97. The van der Waals surface area contributed by atoms with Crippen molar-refractivity contribution in [2.45, 2.75) is 39.5 Å². The van der Waals surface area contributed by atoms with Crippen LogP contribution in [-0.2, 0) is 0 Å². The maximum atomic E-state index is 4.89. The van der Waals surface area contributed by atoms with Gasteiger partial charge in [0.05, 0.1) is 4.20 Å². The lowest BCUT2D eigenvalue weighted by Crippen LogP contribution is -1.84. The minimum absolute atomic E-state index is 0.724. The molecule has 0 aliphatic rings. The zero-order chi connectivity index (χ0) is 8.69. The molecule has 0 heterocycles. The highest BCUT2D eigenvalue weighted by Crippen LogP contribution is 2.06. The fraction of sp³-hybridized carbons (Fsp3) is 0.667. The Bertz CT molecular complexity index is 148. The molecule has 0 aliphatic heterocycles. The summed E-state index contributed by atoms with van der Waals surface area (Å²) in [5, 5.41) is 0. The summed E-state index contributed by atoms with van der Waals surface area (Å²) in [4.78, 5) is 0. The third-order valence-corrected chi connectivity index (χ3v) is 2.27. The first-order valence-corrected chi connectivity index (χ1v) is 4.94. The van der Waals surface area contributed by atoms with Crippen molar-refractivity contribution in [1.29, 1.82) is 0 Å². The van der Waals surface area contributed by atoms with E-state index in [0.717, 1.165) is 16.2 Å². The van der Waals surface area contributed by atoms with Crippen LogP contribution in [0.3, 0.4) is 0 Å². The summed E-state index contributed by atoms with van der Waals surface area (Å²) in [5.74, 6) is 0. The first-order valence-electron chi connectivity index (χ1n) is 4.08. The van der Waals surface area contributed by atoms with Crippen molar-refractivity contribution in [1.82, 2.24) is 0 Å². The van der Waals surface area contributed by atoms with Gasteiger partial charge in [-0.2, -0.15) is 0 Å². The molecule has 11 heavy (non-hydrogen) atoms. The number of thiocarbonyl (C=S) groups is 1. The molecule has 0 radical (unpaired) electrons. The van der Waals surface area contributed by atoms with E-state index in [0.29, 0.717) is 0 Å². The number of hydrogen-bond donors (Lipinski definition) is 1. The Labute approximate surface area is 80.5 Å². The summed E-state index contributed by atoms with van der Waals surface area (Å²) in [6, 6.07) is 0. The molecule has 0 saturated carbocycles. The van der Waals surface area contributed by atoms with Crippen molar-refractivity contribution >= 4 is 29.0 Å². The Morgan fingerprint density at radius 3 is 2.55 bits per heavy atom. The van der Waals surface area contributed by atoms with E-state index in [1.807, 2.05) is 6.92 Å². The van der Waals surface area contributed by atoms with Gasteiger partial charge in [-0.05, 0) is 25.3 Å². The Balaban J connectivity index is 3.48. The molecule has 0 saturated heterocycles. The van der Waals surface area contributed by atoms with E-state index in [9.17, 15) is 0 Å². The van der Waals surface area contributed by atoms with E-state index in [2.05, 4.69) is 25.6 Å². The topological polar surface area (TPSA) is 0 Å². The van der Waals surface area contributed by atoms with Crippen LogP contribution < -0.4 is 0 Å². The van der Waals surface area contributed by atoms with Crippen molar-refractivity contribution in [2.75, 3.05) is 0 Å². The summed E-state index contributed by atoms with van der Waals surface area (Å²) < 4.78 is 0.724. The van der Waals surface area contributed by atoms with E-state index < -0.39 is 0 Å². The maximum Gasteiger partial charge on any atom is 0.0701 e. The van der Waals surface area contributed by atoms with Gasteiger partial charge in [-0.3, -0.25) is 0 Å². The molecule has 64 valence electrons. The zero-order valence-electron chi connectivity index (χ0n) is 7.26. The second kappa shape index (κ2) is 6.86. The highest BCUT2D eigenvalue weighted by Gasteiger charge is 1.90. The number of thiol groups is 1. The Morgan fingerprint density at radius 1 is 1.45 bits per heavy atom.